The molecule has 0 bridgehead atoms. The lowest BCUT2D eigenvalue weighted by molar-refractivity contribution is -0.384. The second kappa shape index (κ2) is 5.18. The van der Waals surface area contributed by atoms with Gasteiger partial charge in [0.05, 0.1) is 4.92 Å². The van der Waals surface area contributed by atoms with Crippen LogP contribution in [-0.2, 0) is 6.42 Å². The van der Waals surface area contributed by atoms with E-state index in [2.05, 4.69) is 5.18 Å². The van der Waals surface area contributed by atoms with E-state index in [-0.39, 0.29) is 5.69 Å². The number of benzene rings is 2. The molecule has 5 nitrogen and oxygen atoms in total. The number of nitro benzene ring substituents is 1. The second-order valence-electron chi connectivity index (χ2n) is 3.86. The highest BCUT2D eigenvalue weighted by molar-refractivity contribution is 5.41. The van der Waals surface area contributed by atoms with Crippen LogP contribution in [0.25, 0.3) is 0 Å². The lowest BCUT2D eigenvalue weighted by atomic mass is 10.0. The average molecular weight is 242 g/mol. The Morgan fingerprint density at radius 2 is 1.44 bits per heavy atom. The Bertz CT molecular complexity index is 562. The first-order valence-corrected chi connectivity index (χ1v) is 5.34. The monoisotopic (exact) mass is 242 g/mol. The molecule has 0 aliphatic heterocycles. The van der Waals surface area contributed by atoms with Gasteiger partial charge in [0, 0.05) is 12.1 Å². The molecular weight excluding hydrogens is 232 g/mol. The summed E-state index contributed by atoms with van der Waals surface area (Å²) in [4.78, 5) is 20.3. The van der Waals surface area contributed by atoms with Gasteiger partial charge in [-0.3, -0.25) is 10.1 Å². The van der Waals surface area contributed by atoms with Gasteiger partial charge in [0.15, 0.2) is 0 Å². The maximum atomic E-state index is 10.5. The highest BCUT2D eigenvalue weighted by Crippen LogP contribution is 2.17. The number of nitro groups is 1. The van der Waals surface area contributed by atoms with Crippen LogP contribution < -0.4 is 0 Å². The van der Waals surface area contributed by atoms with E-state index in [1.807, 2.05) is 12.1 Å². The van der Waals surface area contributed by atoms with Crippen molar-refractivity contribution in [2.24, 2.45) is 5.18 Å². The first-order chi connectivity index (χ1) is 8.69. The molecule has 0 amide bonds. The molecule has 0 saturated heterocycles. The zero-order valence-corrected chi connectivity index (χ0v) is 9.45. The van der Waals surface area contributed by atoms with E-state index in [1.165, 1.54) is 12.1 Å². The van der Waals surface area contributed by atoms with Crippen LogP contribution >= 0.6 is 0 Å². The lowest BCUT2D eigenvalue weighted by Gasteiger charge is -2.01. The maximum Gasteiger partial charge on any atom is 0.269 e. The fourth-order valence-electron chi connectivity index (χ4n) is 1.65. The number of rotatable bonds is 4. The summed E-state index contributed by atoms with van der Waals surface area (Å²) in [6.45, 7) is 0. The molecule has 90 valence electrons. The van der Waals surface area contributed by atoms with E-state index in [1.54, 1.807) is 24.3 Å². The van der Waals surface area contributed by atoms with E-state index in [9.17, 15) is 15.0 Å². The zero-order valence-electron chi connectivity index (χ0n) is 9.45. The van der Waals surface area contributed by atoms with Gasteiger partial charge in [-0.05, 0) is 34.9 Å². The Morgan fingerprint density at radius 1 is 0.944 bits per heavy atom. The van der Waals surface area contributed by atoms with Crippen LogP contribution in [-0.4, -0.2) is 4.92 Å². The molecule has 0 radical (unpaired) electrons. The average Bonchev–Trinajstić information content (AvgIpc) is 2.40. The van der Waals surface area contributed by atoms with Gasteiger partial charge < -0.3 is 0 Å². The fraction of sp³-hybridized carbons (Fsp3) is 0.0769. The molecule has 18 heavy (non-hydrogen) atoms. The highest BCUT2D eigenvalue weighted by Gasteiger charge is 2.04. The molecule has 0 unspecified atom stereocenters. The summed E-state index contributed by atoms with van der Waals surface area (Å²) in [5.41, 5.74) is 2.48. The third kappa shape index (κ3) is 2.76. The second-order valence-corrected chi connectivity index (χ2v) is 3.86. The molecule has 0 N–H and O–H groups in total. The van der Waals surface area contributed by atoms with Crippen LogP contribution in [0, 0.1) is 15.0 Å². The van der Waals surface area contributed by atoms with Gasteiger partial charge in [-0.25, -0.2) is 0 Å². The number of nitroso groups, excluding NO2 is 1. The first kappa shape index (κ1) is 11.9. The number of nitrogens with zero attached hydrogens (tertiary/aromatic N) is 2. The molecule has 0 saturated carbocycles. The van der Waals surface area contributed by atoms with Crippen LogP contribution in [0.4, 0.5) is 11.4 Å². The predicted octanol–water partition coefficient (Wildman–Crippen LogP) is 3.58. The largest absolute Gasteiger partial charge is 0.269 e. The van der Waals surface area contributed by atoms with Crippen molar-refractivity contribution < 1.29 is 4.92 Å². The van der Waals surface area contributed by atoms with Gasteiger partial charge in [0.2, 0.25) is 0 Å². The van der Waals surface area contributed by atoms with Gasteiger partial charge in [0.25, 0.3) is 5.69 Å². The van der Waals surface area contributed by atoms with Gasteiger partial charge in [-0.15, -0.1) is 4.91 Å². The van der Waals surface area contributed by atoms with Crippen molar-refractivity contribution in [2.75, 3.05) is 0 Å². The molecule has 0 fully saturated rings. The van der Waals surface area contributed by atoms with E-state index >= 15 is 0 Å². The summed E-state index contributed by atoms with van der Waals surface area (Å²) in [6.07, 6.45) is 0.664. The van der Waals surface area contributed by atoms with Gasteiger partial charge >= 0.3 is 0 Å². The quantitative estimate of drug-likeness (QED) is 0.467. The normalized spacial score (nSPS) is 10.0. The zero-order chi connectivity index (χ0) is 13.0. The SMILES string of the molecule is O=Nc1ccc(Cc2ccc([N+](=O)[O-])cc2)cc1. The Labute approximate surface area is 103 Å². The van der Waals surface area contributed by atoms with E-state index in [4.69, 9.17) is 0 Å². The molecule has 0 aliphatic carbocycles. The molecule has 0 aliphatic rings. The molecular formula is C13H10N2O3. The Hall–Kier alpha value is -2.56. The minimum atomic E-state index is -0.422. The molecule has 0 atom stereocenters. The van der Waals surface area contributed by atoms with Gasteiger partial charge in [-0.1, -0.05) is 24.3 Å². The van der Waals surface area contributed by atoms with Crippen LogP contribution in [0.2, 0.25) is 0 Å². The molecule has 0 aromatic heterocycles. The molecule has 2 aromatic rings. The number of non-ortho nitro benzene ring substituents is 1. The Balaban J connectivity index is 2.12. The van der Waals surface area contributed by atoms with Crippen molar-refractivity contribution in [3.63, 3.8) is 0 Å². The van der Waals surface area contributed by atoms with E-state index < -0.39 is 4.92 Å². The first-order valence-electron chi connectivity index (χ1n) is 5.34. The summed E-state index contributed by atoms with van der Waals surface area (Å²) in [7, 11) is 0. The van der Waals surface area contributed by atoms with Crippen molar-refractivity contribution in [1.29, 1.82) is 0 Å². The lowest BCUT2D eigenvalue weighted by Crippen LogP contribution is -1.90. The van der Waals surface area contributed by atoms with Gasteiger partial charge in [0.1, 0.15) is 5.69 Å². The Kier molecular flexibility index (Phi) is 3.43. The molecule has 0 spiro atoms. The third-order valence-corrected chi connectivity index (χ3v) is 2.60. The van der Waals surface area contributed by atoms with Crippen molar-refractivity contribution in [3.8, 4) is 0 Å². The van der Waals surface area contributed by atoms with Crippen molar-refractivity contribution >= 4 is 11.4 Å². The van der Waals surface area contributed by atoms with E-state index in [0.717, 1.165) is 11.1 Å². The summed E-state index contributed by atoms with van der Waals surface area (Å²) < 4.78 is 0. The van der Waals surface area contributed by atoms with E-state index in [0.29, 0.717) is 12.1 Å². The predicted molar refractivity (Wildman–Crippen MR) is 67.8 cm³/mol. The summed E-state index contributed by atoms with van der Waals surface area (Å²) in [6, 6.07) is 13.3. The molecule has 2 rings (SSSR count). The number of hydrogen-bond acceptors (Lipinski definition) is 4. The Morgan fingerprint density at radius 3 is 1.89 bits per heavy atom. The van der Waals surface area contributed by atoms with Crippen LogP contribution in [0.3, 0.4) is 0 Å². The standard InChI is InChI=1S/C13H10N2O3/c16-14-12-5-1-10(2-6-12)9-11-3-7-13(8-4-11)15(17)18/h1-8H,9H2. The van der Waals surface area contributed by atoms with Crippen molar-refractivity contribution in [1.82, 2.24) is 0 Å². The van der Waals surface area contributed by atoms with Crippen LogP contribution in [0.15, 0.2) is 53.7 Å². The van der Waals surface area contributed by atoms with Crippen molar-refractivity contribution in [2.45, 2.75) is 6.42 Å². The summed E-state index contributed by atoms with van der Waals surface area (Å²) >= 11 is 0. The van der Waals surface area contributed by atoms with Crippen LogP contribution in [0.5, 0.6) is 0 Å². The minimum absolute atomic E-state index is 0.0826. The third-order valence-electron chi connectivity index (χ3n) is 2.60. The fourth-order valence-corrected chi connectivity index (χ4v) is 1.65. The molecule has 5 heteroatoms. The minimum Gasteiger partial charge on any atom is -0.258 e. The summed E-state index contributed by atoms with van der Waals surface area (Å²) in [5.74, 6) is 0. The molecule has 0 heterocycles. The van der Waals surface area contributed by atoms with Gasteiger partial charge in [-0.2, -0.15) is 0 Å². The van der Waals surface area contributed by atoms with Crippen molar-refractivity contribution in [3.05, 3.63) is 74.7 Å². The number of hydrogen-bond donors (Lipinski definition) is 0. The molecule has 2 aromatic carbocycles. The summed E-state index contributed by atoms with van der Waals surface area (Å²) in [5, 5.41) is 13.3. The van der Waals surface area contributed by atoms with Crippen LogP contribution in [0.1, 0.15) is 11.1 Å². The maximum absolute atomic E-state index is 10.5. The smallest absolute Gasteiger partial charge is 0.258 e. The topological polar surface area (TPSA) is 72.6 Å². The highest BCUT2D eigenvalue weighted by atomic mass is 16.6.